The fourth-order valence-electron chi connectivity index (χ4n) is 1.93. The molecule has 0 radical (unpaired) electrons. The molecule has 96 valence electrons. The number of rotatable bonds is 4. The number of anilines is 1. The summed E-state index contributed by atoms with van der Waals surface area (Å²) in [5.41, 5.74) is 9.22. The van der Waals surface area contributed by atoms with Gasteiger partial charge in [0.1, 0.15) is 5.82 Å². The van der Waals surface area contributed by atoms with Crippen LogP contribution in [-0.4, -0.2) is 22.9 Å². The van der Waals surface area contributed by atoms with Crippen LogP contribution in [0.1, 0.15) is 11.4 Å². The van der Waals surface area contributed by atoms with Crippen LogP contribution in [-0.2, 0) is 0 Å². The topological polar surface area (TPSA) is 55.9 Å². The smallest absolute Gasteiger partial charge is 0.123 e. The molecule has 0 aliphatic heterocycles. The zero-order valence-electron chi connectivity index (χ0n) is 10.6. The number of halogens is 1. The molecule has 1 aromatic heterocycles. The molecule has 2 aromatic rings. The van der Waals surface area contributed by atoms with Crippen molar-refractivity contribution >= 4 is 5.69 Å². The molecule has 2 rings (SSSR count). The van der Waals surface area contributed by atoms with Crippen LogP contribution in [0.5, 0.6) is 0 Å². The van der Waals surface area contributed by atoms with Crippen LogP contribution >= 0.6 is 0 Å². The van der Waals surface area contributed by atoms with Gasteiger partial charge in [0.05, 0.1) is 22.8 Å². The molecule has 0 bridgehead atoms. The van der Waals surface area contributed by atoms with Gasteiger partial charge < -0.3 is 11.1 Å². The number of hydrogen-bond donors (Lipinski definition) is 2. The van der Waals surface area contributed by atoms with E-state index in [0.717, 1.165) is 22.8 Å². The lowest BCUT2D eigenvalue weighted by Gasteiger charge is -2.06. The van der Waals surface area contributed by atoms with Gasteiger partial charge in [-0.05, 0) is 38.1 Å². The molecule has 4 nitrogen and oxygen atoms in total. The first-order valence-corrected chi connectivity index (χ1v) is 5.89. The Morgan fingerprint density at radius 3 is 2.56 bits per heavy atom. The molecular formula is C13H17FN4. The molecule has 1 heterocycles. The molecule has 0 aliphatic carbocycles. The zero-order valence-corrected chi connectivity index (χ0v) is 10.6. The molecule has 5 heteroatoms. The molecule has 0 spiro atoms. The summed E-state index contributed by atoms with van der Waals surface area (Å²) in [6.45, 7) is 5.19. The molecule has 3 N–H and O–H groups in total. The van der Waals surface area contributed by atoms with Crippen molar-refractivity contribution in [2.45, 2.75) is 13.8 Å². The fraction of sp³-hybridized carbons (Fsp3) is 0.308. The summed E-state index contributed by atoms with van der Waals surface area (Å²) >= 11 is 0. The summed E-state index contributed by atoms with van der Waals surface area (Å²) in [5, 5.41) is 7.70. The van der Waals surface area contributed by atoms with Crippen LogP contribution in [0.3, 0.4) is 0 Å². The molecular weight excluding hydrogens is 231 g/mol. The van der Waals surface area contributed by atoms with Crippen LogP contribution in [0.15, 0.2) is 24.3 Å². The highest BCUT2D eigenvalue weighted by Gasteiger charge is 2.11. The molecule has 0 aliphatic rings. The molecule has 0 amide bonds. The standard InChI is InChI=1S/C13H17FN4/c1-9-13(16-8-7-15)10(2)18(17-9)12-5-3-11(14)4-6-12/h3-6,16H,7-8,15H2,1-2H3. The molecule has 0 unspecified atom stereocenters. The van der Waals surface area contributed by atoms with Crippen molar-refractivity contribution in [2.75, 3.05) is 18.4 Å². The third kappa shape index (κ3) is 2.36. The van der Waals surface area contributed by atoms with E-state index in [4.69, 9.17) is 5.73 Å². The van der Waals surface area contributed by atoms with Crippen LogP contribution in [0.25, 0.3) is 5.69 Å². The van der Waals surface area contributed by atoms with Gasteiger partial charge in [-0.2, -0.15) is 5.10 Å². The SMILES string of the molecule is Cc1nn(-c2ccc(F)cc2)c(C)c1NCCN. The number of nitrogens with two attached hydrogens (primary N) is 1. The van der Waals surface area contributed by atoms with Crippen molar-refractivity contribution in [1.29, 1.82) is 0 Å². The van der Waals surface area contributed by atoms with Gasteiger partial charge in [0.25, 0.3) is 0 Å². The van der Waals surface area contributed by atoms with E-state index in [-0.39, 0.29) is 5.82 Å². The monoisotopic (exact) mass is 248 g/mol. The van der Waals surface area contributed by atoms with E-state index in [1.807, 2.05) is 13.8 Å². The van der Waals surface area contributed by atoms with Gasteiger partial charge in [0.2, 0.25) is 0 Å². The van der Waals surface area contributed by atoms with Crippen molar-refractivity contribution in [3.8, 4) is 5.69 Å². The van der Waals surface area contributed by atoms with Crippen LogP contribution < -0.4 is 11.1 Å². The lowest BCUT2D eigenvalue weighted by Crippen LogP contribution is -2.14. The van der Waals surface area contributed by atoms with Crippen molar-refractivity contribution in [1.82, 2.24) is 9.78 Å². The van der Waals surface area contributed by atoms with Gasteiger partial charge in [-0.1, -0.05) is 0 Å². The average molecular weight is 248 g/mol. The van der Waals surface area contributed by atoms with Crippen molar-refractivity contribution in [3.05, 3.63) is 41.5 Å². The first-order chi connectivity index (χ1) is 8.63. The number of benzene rings is 1. The minimum absolute atomic E-state index is 0.248. The lowest BCUT2D eigenvalue weighted by molar-refractivity contribution is 0.627. The predicted molar refractivity (Wildman–Crippen MR) is 70.5 cm³/mol. The van der Waals surface area contributed by atoms with E-state index in [9.17, 15) is 4.39 Å². The minimum atomic E-state index is -0.248. The van der Waals surface area contributed by atoms with E-state index >= 15 is 0 Å². The molecule has 0 fully saturated rings. The highest BCUT2D eigenvalue weighted by Crippen LogP contribution is 2.22. The summed E-state index contributed by atoms with van der Waals surface area (Å²) in [7, 11) is 0. The Hall–Kier alpha value is -1.88. The Balaban J connectivity index is 2.37. The summed E-state index contributed by atoms with van der Waals surface area (Å²) in [4.78, 5) is 0. The van der Waals surface area contributed by atoms with E-state index < -0.39 is 0 Å². The van der Waals surface area contributed by atoms with E-state index in [1.54, 1.807) is 16.8 Å². The number of aryl methyl sites for hydroxylation is 1. The highest BCUT2D eigenvalue weighted by atomic mass is 19.1. The van der Waals surface area contributed by atoms with Gasteiger partial charge in [0.15, 0.2) is 0 Å². The predicted octanol–water partition coefficient (Wildman–Crippen LogP) is 2.00. The lowest BCUT2D eigenvalue weighted by atomic mass is 10.3. The normalized spacial score (nSPS) is 10.7. The first-order valence-electron chi connectivity index (χ1n) is 5.89. The maximum Gasteiger partial charge on any atom is 0.123 e. The average Bonchev–Trinajstić information content (AvgIpc) is 2.64. The third-order valence-electron chi connectivity index (χ3n) is 2.81. The summed E-state index contributed by atoms with van der Waals surface area (Å²) in [6, 6.07) is 6.28. The largest absolute Gasteiger partial charge is 0.381 e. The van der Waals surface area contributed by atoms with Crippen molar-refractivity contribution in [2.24, 2.45) is 5.73 Å². The quantitative estimate of drug-likeness (QED) is 0.870. The van der Waals surface area contributed by atoms with E-state index in [0.29, 0.717) is 13.1 Å². The van der Waals surface area contributed by atoms with Crippen LogP contribution in [0, 0.1) is 19.7 Å². The zero-order chi connectivity index (χ0) is 13.1. The molecule has 0 saturated heterocycles. The molecule has 0 saturated carbocycles. The Morgan fingerprint density at radius 2 is 1.94 bits per heavy atom. The number of aromatic nitrogens is 2. The second kappa shape index (κ2) is 5.18. The maximum absolute atomic E-state index is 12.9. The van der Waals surface area contributed by atoms with Crippen LogP contribution in [0.4, 0.5) is 10.1 Å². The van der Waals surface area contributed by atoms with Crippen molar-refractivity contribution in [3.63, 3.8) is 0 Å². The fourth-order valence-corrected chi connectivity index (χ4v) is 1.93. The second-order valence-corrected chi connectivity index (χ2v) is 4.15. The number of nitrogens with zero attached hydrogens (tertiary/aromatic N) is 2. The van der Waals surface area contributed by atoms with E-state index in [2.05, 4.69) is 10.4 Å². The first kappa shape index (κ1) is 12.6. The number of hydrogen-bond acceptors (Lipinski definition) is 3. The van der Waals surface area contributed by atoms with Gasteiger partial charge in [-0.15, -0.1) is 0 Å². The third-order valence-corrected chi connectivity index (χ3v) is 2.81. The summed E-state index contributed by atoms with van der Waals surface area (Å²) < 4.78 is 14.7. The van der Waals surface area contributed by atoms with E-state index in [1.165, 1.54) is 12.1 Å². The molecule has 1 aromatic carbocycles. The molecule has 18 heavy (non-hydrogen) atoms. The molecule has 0 atom stereocenters. The van der Waals surface area contributed by atoms with Gasteiger partial charge in [-0.25, -0.2) is 9.07 Å². The minimum Gasteiger partial charge on any atom is -0.381 e. The van der Waals surface area contributed by atoms with Gasteiger partial charge in [-0.3, -0.25) is 0 Å². The van der Waals surface area contributed by atoms with Gasteiger partial charge >= 0.3 is 0 Å². The Bertz CT molecular complexity index is 531. The Kier molecular flexibility index (Phi) is 3.62. The van der Waals surface area contributed by atoms with Crippen molar-refractivity contribution < 1.29 is 4.39 Å². The summed E-state index contributed by atoms with van der Waals surface area (Å²) in [5.74, 6) is -0.248. The maximum atomic E-state index is 12.9. The van der Waals surface area contributed by atoms with Crippen LogP contribution in [0.2, 0.25) is 0 Å². The highest BCUT2D eigenvalue weighted by molar-refractivity contribution is 5.54. The number of nitrogens with one attached hydrogen (secondary N) is 1. The Labute approximate surface area is 106 Å². The second-order valence-electron chi connectivity index (χ2n) is 4.15. The van der Waals surface area contributed by atoms with Gasteiger partial charge in [0, 0.05) is 13.1 Å². The Morgan fingerprint density at radius 1 is 1.28 bits per heavy atom. The summed E-state index contributed by atoms with van der Waals surface area (Å²) in [6.07, 6.45) is 0.